The summed E-state index contributed by atoms with van der Waals surface area (Å²) in [5.41, 5.74) is 0.262. The maximum Gasteiger partial charge on any atom is 0.339 e. The summed E-state index contributed by atoms with van der Waals surface area (Å²) in [6, 6.07) is 9.26. The molecular formula is C19H13FN2O5S2. The molecule has 148 valence electrons. The summed E-state index contributed by atoms with van der Waals surface area (Å²) in [5, 5.41) is 21.0. The molecule has 0 bridgehead atoms. The van der Waals surface area contributed by atoms with Gasteiger partial charge in [0.2, 0.25) is 5.91 Å². The van der Waals surface area contributed by atoms with Gasteiger partial charge in [0.1, 0.15) is 28.0 Å². The predicted molar refractivity (Wildman–Crippen MR) is 110 cm³/mol. The molecule has 29 heavy (non-hydrogen) atoms. The van der Waals surface area contributed by atoms with Crippen LogP contribution >= 0.6 is 24.0 Å². The van der Waals surface area contributed by atoms with E-state index in [2.05, 4.69) is 5.32 Å². The van der Waals surface area contributed by atoms with Gasteiger partial charge in [0.05, 0.1) is 4.91 Å². The number of hydrogen-bond acceptors (Lipinski definition) is 6. The molecule has 1 heterocycles. The topological polar surface area (TPSA) is 107 Å². The minimum Gasteiger partial charge on any atom is -0.507 e. The number of aromatic hydroxyl groups is 1. The van der Waals surface area contributed by atoms with Crippen LogP contribution in [-0.2, 0) is 9.59 Å². The third-order valence-corrected chi connectivity index (χ3v) is 5.21. The number of rotatable bonds is 5. The molecule has 0 unspecified atom stereocenters. The standard InChI is InChI=1S/C19H13FN2O5S2/c20-11-3-1-2-10(6-11)7-15-17(25)22(19(28)29-15)9-16(24)21-12-4-5-14(23)13(8-12)18(26)27/h1-8,23H,9H2,(H,21,24)(H,26,27)/b15-7-. The van der Waals surface area contributed by atoms with E-state index in [9.17, 15) is 23.9 Å². The number of thiocarbonyl (C=S) groups is 1. The SMILES string of the molecule is O=C(CN1C(=O)/C(=C/c2cccc(F)c2)SC1=S)Nc1ccc(O)c(C(=O)O)c1. The van der Waals surface area contributed by atoms with Crippen molar-refractivity contribution >= 4 is 57.8 Å². The van der Waals surface area contributed by atoms with Gasteiger partial charge in [-0.25, -0.2) is 9.18 Å². The van der Waals surface area contributed by atoms with Crippen molar-refractivity contribution in [3.63, 3.8) is 0 Å². The number of benzene rings is 2. The fourth-order valence-corrected chi connectivity index (χ4v) is 3.77. The summed E-state index contributed by atoms with van der Waals surface area (Å²) in [4.78, 5) is 37.2. The summed E-state index contributed by atoms with van der Waals surface area (Å²) in [7, 11) is 0. The summed E-state index contributed by atoms with van der Waals surface area (Å²) in [6.45, 7) is -0.381. The van der Waals surface area contributed by atoms with Crippen molar-refractivity contribution < 1.29 is 29.0 Å². The molecule has 1 saturated heterocycles. The van der Waals surface area contributed by atoms with Crippen LogP contribution in [-0.4, -0.2) is 43.8 Å². The molecule has 2 aromatic carbocycles. The number of thioether (sulfide) groups is 1. The molecule has 0 radical (unpaired) electrons. The van der Waals surface area contributed by atoms with Crippen LogP contribution in [0.3, 0.4) is 0 Å². The Balaban J connectivity index is 1.71. The summed E-state index contributed by atoms with van der Waals surface area (Å²) >= 11 is 6.15. The highest BCUT2D eigenvalue weighted by Crippen LogP contribution is 2.32. The van der Waals surface area contributed by atoms with Gasteiger partial charge in [0.15, 0.2) is 0 Å². The van der Waals surface area contributed by atoms with Crippen molar-refractivity contribution in [1.29, 1.82) is 0 Å². The van der Waals surface area contributed by atoms with Gasteiger partial charge >= 0.3 is 5.97 Å². The Kier molecular flexibility index (Phi) is 5.95. The van der Waals surface area contributed by atoms with Gasteiger partial charge in [-0.1, -0.05) is 36.1 Å². The minimum absolute atomic E-state index is 0.144. The Hall–Kier alpha value is -3.24. The lowest BCUT2D eigenvalue weighted by Gasteiger charge is -2.14. The largest absolute Gasteiger partial charge is 0.507 e. The second-order valence-electron chi connectivity index (χ2n) is 5.91. The normalized spacial score (nSPS) is 15.1. The van der Waals surface area contributed by atoms with Crippen LogP contribution in [0.15, 0.2) is 47.4 Å². The first-order valence-corrected chi connectivity index (χ1v) is 9.34. The van der Waals surface area contributed by atoms with E-state index in [1.807, 2.05) is 0 Å². The van der Waals surface area contributed by atoms with Crippen molar-refractivity contribution in [3.8, 4) is 5.75 Å². The van der Waals surface area contributed by atoms with E-state index in [0.717, 1.165) is 28.8 Å². The molecule has 7 nitrogen and oxygen atoms in total. The quantitative estimate of drug-likeness (QED) is 0.379. The summed E-state index contributed by atoms with van der Waals surface area (Å²) in [5.74, 6) is -3.32. The molecular weight excluding hydrogens is 419 g/mol. The molecule has 0 spiro atoms. The first-order chi connectivity index (χ1) is 13.7. The van der Waals surface area contributed by atoms with Gasteiger partial charge in [-0.2, -0.15) is 0 Å². The highest BCUT2D eigenvalue weighted by Gasteiger charge is 2.33. The average molecular weight is 432 g/mol. The van der Waals surface area contributed by atoms with Gasteiger partial charge < -0.3 is 15.5 Å². The van der Waals surface area contributed by atoms with Gasteiger partial charge in [-0.3, -0.25) is 14.5 Å². The van der Waals surface area contributed by atoms with Crippen molar-refractivity contribution in [2.75, 3.05) is 11.9 Å². The Labute approximate surface area is 173 Å². The summed E-state index contributed by atoms with van der Waals surface area (Å²) in [6.07, 6.45) is 1.49. The van der Waals surface area contributed by atoms with E-state index in [-0.39, 0.29) is 27.0 Å². The first kappa shape index (κ1) is 20.5. The fraction of sp³-hybridized carbons (Fsp3) is 0.0526. The van der Waals surface area contributed by atoms with Gasteiger partial charge in [0.25, 0.3) is 5.91 Å². The zero-order valence-electron chi connectivity index (χ0n) is 14.6. The van der Waals surface area contributed by atoms with Crippen LogP contribution in [0, 0.1) is 5.82 Å². The van der Waals surface area contributed by atoms with Crippen LogP contribution in [0.5, 0.6) is 5.75 Å². The second-order valence-corrected chi connectivity index (χ2v) is 7.58. The molecule has 3 N–H and O–H groups in total. The number of carbonyl (C=O) groups excluding carboxylic acids is 2. The van der Waals surface area contributed by atoms with Gasteiger partial charge in [0, 0.05) is 5.69 Å². The van der Waals surface area contributed by atoms with Crippen molar-refractivity contribution in [3.05, 3.63) is 64.3 Å². The Morgan fingerprint density at radius 1 is 1.24 bits per heavy atom. The molecule has 1 aliphatic rings. The molecule has 0 aliphatic carbocycles. The summed E-state index contributed by atoms with van der Waals surface area (Å²) < 4.78 is 13.5. The van der Waals surface area contributed by atoms with Crippen LogP contribution in [0.25, 0.3) is 6.08 Å². The average Bonchev–Trinajstić information content (AvgIpc) is 2.90. The number of phenols is 1. The van der Waals surface area contributed by atoms with E-state index in [1.165, 1.54) is 30.3 Å². The van der Waals surface area contributed by atoms with E-state index in [1.54, 1.807) is 6.07 Å². The molecule has 0 saturated carbocycles. The van der Waals surface area contributed by atoms with E-state index < -0.39 is 29.4 Å². The lowest BCUT2D eigenvalue weighted by atomic mass is 10.2. The number of hydrogen-bond donors (Lipinski definition) is 3. The minimum atomic E-state index is -1.35. The van der Waals surface area contributed by atoms with E-state index in [4.69, 9.17) is 17.3 Å². The lowest BCUT2D eigenvalue weighted by Crippen LogP contribution is -2.36. The third kappa shape index (κ3) is 4.79. The van der Waals surface area contributed by atoms with E-state index >= 15 is 0 Å². The molecule has 1 aliphatic heterocycles. The van der Waals surface area contributed by atoms with Crippen LogP contribution in [0.2, 0.25) is 0 Å². The van der Waals surface area contributed by atoms with Crippen molar-refractivity contribution in [1.82, 2.24) is 4.90 Å². The highest BCUT2D eigenvalue weighted by atomic mass is 32.2. The Bertz CT molecular complexity index is 1070. The number of halogens is 1. The zero-order chi connectivity index (χ0) is 21.1. The van der Waals surface area contributed by atoms with Crippen LogP contribution < -0.4 is 5.32 Å². The van der Waals surface area contributed by atoms with Gasteiger partial charge in [-0.15, -0.1) is 0 Å². The highest BCUT2D eigenvalue weighted by molar-refractivity contribution is 8.26. The van der Waals surface area contributed by atoms with Crippen molar-refractivity contribution in [2.24, 2.45) is 0 Å². The zero-order valence-corrected chi connectivity index (χ0v) is 16.2. The van der Waals surface area contributed by atoms with E-state index in [0.29, 0.717) is 5.56 Å². The van der Waals surface area contributed by atoms with Crippen LogP contribution in [0.1, 0.15) is 15.9 Å². The molecule has 0 aromatic heterocycles. The third-order valence-electron chi connectivity index (χ3n) is 3.83. The number of aromatic carboxylic acids is 1. The first-order valence-electron chi connectivity index (χ1n) is 8.11. The number of nitrogens with one attached hydrogen (secondary N) is 1. The number of amides is 2. The number of carbonyl (C=O) groups is 3. The number of anilines is 1. The number of carboxylic acid groups (broad SMARTS) is 1. The monoisotopic (exact) mass is 432 g/mol. The Morgan fingerprint density at radius 2 is 2.00 bits per heavy atom. The number of carboxylic acids is 1. The number of nitrogens with zero attached hydrogens (tertiary/aromatic N) is 1. The molecule has 1 fully saturated rings. The maximum atomic E-state index is 13.3. The van der Waals surface area contributed by atoms with Gasteiger partial charge in [-0.05, 0) is 42.0 Å². The Morgan fingerprint density at radius 3 is 2.69 bits per heavy atom. The molecule has 10 heteroatoms. The lowest BCUT2D eigenvalue weighted by molar-refractivity contribution is -0.126. The fourth-order valence-electron chi connectivity index (χ4n) is 2.51. The maximum absolute atomic E-state index is 13.3. The van der Waals surface area contributed by atoms with Crippen molar-refractivity contribution in [2.45, 2.75) is 0 Å². The molecule has 0 atom stereocenters. The predicted octanol–water partition coefficient (Wildman–Crippen LogP) is 3.07. The second kappa shape index (κ2) is 8.41. The smallest absolute Gasteiger partial charge is 0.339 e. The molecule has 2 amide bonds. The molecule has 2 aromatic rings. The van der Waals surface area contributed by atoms with Crippen LogP contribution in [0.4, 0.5) is 10.1 Å². The molecule has 3 rings (SSSR count).